The Bertz CT molecular complexity index is 533. The molecule has 5 nitrogen and oxygen atoms in total. The summed E-state index contributed by atoms with van der Waals surface area (Å²) in [6.45, 7) is 1.52. The lowest BCUT2D eigenvalue weighted by Gasteiger charge is -2.24. The molecule has 7 heteroatoms. The van der Waals surface area contributed by atoms with Crippen molar-refractivity contribution in [2.45, 2.75) is 24.5 Å². The molecule has 0 radical (unpaired) electrons. The number of nitrogens with zero attached hydrogens (tertiary/aromatic N) is 1. The minimum atomic E-state index is -3.96. The fourth-order valence-electron chi connectivity index (χ4n) is 1.58. The number of methoxy groups -OCH3 is 1. The van der Waals surface area contributed by atoms with E-state index in [-0.39, 0.29) is 13.2 Å². The fourth-order valence-corrected chi connectivity index (χ4v) is 3.04. The summed E-state index contributed by atoms with van der Waals surface area (Å²) in [6, 6.07) is 3.09. The van der Waals surface area contributed by atoms with Crippen molar-refractivity contribution in [3.8, 4) is 0 Å². The normalized spacial score (nSPS) is 13.8. The van der Waals surface area contributed by atoms with Crippen LogP contribution in [0.2, 0.25) is 0 Å². The lowest BCUT2D eigenvalue weighted by atomic mass is 10.2. The van der Waals surface area contributed by atoms with Gasteiger partial charge in [0.05, 0.1) is 13.2 Å². The zero-order chi connectivity index (χ0) is 14.6. The Hall–Kier alpha value is -1.02. The summed E-state index contributed by atoms with van der Waals surface area (Å²) < 4.78 is 44.2. The molecule has 1 N–H and O–H groups in total. The quantitative estimate of drug-likeness (QED) is 0.848. The van der Waals surface area contributed by atoms with Crippen LogP contribution in [0.15, 0.2) is 23.1 Å². The van der Waals surface area contributed by atoms with Crippen LogP contribution in [0.5, 0.6) is 0 Å². The topological polar surface area (TPSA) is 66.8 Å². The van der Waals surface area contributed by atoms with Crippen molar-refractivity contribution >= 4 is 10.0 Å². The first-order valence-corrected chi connectivity index (χ1v) is 7.14. The molecule has 0 aliphatic carbocycles. The number of ether oxygens (including phenoxy) is 1. The minimum Gasteiger partial charge on any atom is -0.392 e. The molecule has 0 amide bonds. The minimum absolute atomic E-state index is 0.205. The van der Waals surface area contributed by atoms with Gasteiger partial charge in [0.2, 0.25) is 10.0 Å². The van der Waals surface area contributed by atoms with E-state index < -0.39 is 26.8 Å². The molecule has 1 unspecified atom stereocenters. The van der Waals surface area contributed by atoms with E-state index >= 15 is 0 Å². The first-order chi connectivity index (χ1) is 8.84. The van der Waals surface area contributed by atoms with Crippen LogP contribution in [0.3, 0.4) is 0 Å². The van der Waals surface area contributed by atoms with Gasteiger partial charge in [-0.15, -0.1) is 0 Å². The van der Waals surface area contributed by atoms with Gasteiger partial charge in [-0.05, 0) is 24.6 Å². The highest BCUT2D eigenvalue weighted by molar-refractivity contribution is 7.89. The predicted octanol–water partition coefficient (Wildman–Crippen LogP) is 0.973. The summed E-state index contributed by atoms with van der Waals surface area (Å²) in [7, 11) is -1.13. The molecule has 0 spiro atoms. The standard InChI is InChI=1S/C12H18FNO4S/c1-9(8-18-3)14(2)19(16,17)12-6-10(7-15)4-5-11(12)13/h4-6,9,15H,7-8H2,1-3H3. The second kappa shape index (κ2) is 6.42. The van der Waals surface area contributed by atoms with Crippen LogP contribution >= 0.6 is 0 Å². The Morgan fingerprint density at radius 1 is 1.47 bits per heavy atom. The van der Waals surface area contributed by atoms with Crippen molar-refractivity contribution < 1.29 is 22.7 Å². The number of likely N-dealkylation sites (N-methyl/N-ethyl adjacent to an activating group) is 1. The number of halogens is 1. The zero-order valence-electron chi connectivity index (χ0n) is 11.1. The van der Waals surface area contributed by atoms with E-state index in [2.05, 4.69) is 0 Å². The van der Waals surface area contributed by atoms with E-state index in [9.17, 15) is 12.8 Å². The third-order valence-electron chi connectivity index (χ3n) is 2.86. The fraction of sp³-hybridized carbons (Fsp3) is 0.500. The zero-order valence-corrected chi connectivity index (χ0v) is 11.9. The number of hydrogen-bond acceptors (Lipinski definition) is 4. The first kappa shape index (κ1) is 16.0. The highest BCUT2D eigenvalue weighted by Crippen LogP contribution is 2.21. The summed E-state index contributed by atoms with van der Waals surface area (Å²) in [5.41, 5.74) is 0.341. The smallest absolute Gasteiger partial charge is 0.246 e. The predicted molar refractivity (Wildman–Crippen MR) is 68.6 cm³/mol. The molecule has 0 saturated carbocycles. The van der Waals surface area contributed by atoms with E-state index in [0.717, 1.165) is 16.4 Å². The van der Waals surface area contributed by atoms with Gasteiger partial charge in [-0.25, -0.2) is 12.8 Å². The van der Waals surface area contributed by atoms with Crippen LogP contribution in [0.25, 0.3) is 0 Å². The Morgan fingerprint density at radius 3 is 2.63 bits per heavy atom. The van der Waals surface area contributed by atoms with Crippen LogP contribution in [0.4, 0.5) is 4.39 Å². The second-order valence-corrected chi connectivity index (χ2v) is 6.21. The second-order valence-electron chi connectivity index (χ2n) is 4.25. The third kappa shape index (κ3) is 3.50. The van der Waals surface area contributed by atoms with Crippen molar-refractivity contribution in [1.82, 2.24) is 4.31 Å². The van der Waals surface area contributed by atoms with Crippen molar-refractivity contribution in [2.24, 2.45) is 0 Å². The molecule has 0 aliphatic heterocycles. The number of benzene rings is 1. The molecule has 0 aliphatic rings. The molecule has 1 aromatic rings. The SMILES string of the molecule is COCC(C)N(C)S(=O)(=O)c1cc(CO)ccc1F. The first-order valence-electron chi connectivity index (χ1n) is 5.70. The van der Waals surface area contributed by atoms with Gasteiger partial charge in [0.15, 0.2) is 0 Å². The van der Waals surface area contributed by atoms with Gasteiger partial charge >= 0.3 is 0 Å². The highest BCUT2D eigenvalue weighted by atomic mass is 32.2. The lowest BCUT2D eigenvalue weighted by molar-refractivity contribution is 0.149. The van der Waals surface area contributed by atoms with E-state index in [4.69, 9.17) is 9.84 Å². The van der Waals surface area contributed by atoms with E-state index in [1.54, 1.807) is 6.92 Å². The highest BCUT2D eigenvalue weighted by Gasteiger charge is 2.28. The van der Waals surface area contributed by atoms with Crippen LogP contribution in [0, 0.1) is 5.82 Å². The summed E-state index contributed by atoms with van der Waals surface area (Å²) in [6.07, 6.45) is 0. The molecule has 0 saturated heterocycles. The average molecular weight is 291 g/mol. The largest absolute Gasteiger partial charge is 0.392 e. The number of aliphatic hydroxyl groups is 1. The van der Waals surface area contributed by atoms with Gasteiger partial charge in [-0.2, -0.15) is 4.31 Å². The lowest BCUT2D eigenvalue weighted by Crippen LogP contribution is -2.38. The van der Waals surface area contributed by atoms with Crippen molar-refractivity contribution in [2.75, 3.05) is 20.8 Å². The Balaban J connectivity index is 3.19. The van der Waals surface area contributed by atoms with Gasteiger partial charge in [0.25, 0.3) is 0 Å². The maximum Gasteiger partial charge on any atom is 0.246 e. The molecule has 1 rings (SSSR count). The molecular weight excluding hydrogens is 273 g/mol. The Kier molecular flexibility index (Phi) is 5.42. The van der Waals surface area contributed by atoms with E-state index in [1.807, 2.05) is 0 Å². The molecule has 1 aromatic carbocycles. The summed E-state index contributed by atoms with van der Waals surface area (Å²) in [4.78, 5) is -0.440. The molecule has 0 fully saturated rings. The maximum atomic E-state index is 13.7. The maximum absolute atomic E-state index is 13.7. The summed E-state index contributed by atoms with van der Waals surface area (Å²) in [5.74, 6) is -0.839. The van der Waals surface area contributed by atoms with E-state index in [0.29, 0.717) is 5.56 Å². The van der Waals surface area contributed by atoms with Crippen LogP contribution in [-0.4, -0.2) is 44.6 Å². The third-order valence-corrected chi connectivity index (χ3v) is 4.85. The van der Waals surface area contributed by atoms with Crippen molar-refractivity contribution in [3.63, 3.8) is 0 Å². The van der Waals surface area contributed by atoms with E-state index in [1.165, 1.54) is 20.2 Å². The molecule has 0 bridgehead atoms. The number of hydrogen-bond donors (Lipinski definition) is 1. The van der Waals surface area contributed by atoms with Gasteiger partial charge in [-0.3, -0.25) is 0 Å². The number of sulfonamides is 1. The van der Waals surface area contributed by atoms with Crippen molar-refractivity contribution in [3.05, 3.63) is 29.6 Å². The Labute approximate surface area is 112 Å². The average Bonchev–Trinajstić information content (AvgIpc) is 2.38. The van der Waals surface area contributed by atoms with Gasteiger partial charge < -0.3 is 9.84 Å². The van der Waals surface area contributed by atoms with Crippen LogP contribution in [0.1, 0.15) is 12.5 Å². The molecule has 1 atom stereocenters. The molecule has 108 valence electrons. The van der Waals surface area contributed by atoms with Crippen LogP contribution < -0.4 is 0 Å². The number of aliphatic hydroxyl groups excluding tert-OH is 1. The summed E-state index contributed by atoms with van der Waals surface area (Å²) in [5, 5.41) is 9.00. The molecular formula is C12H18FNO4S. The van der Waals surface area contributed by atoms with Gasteiger partial charge in [-0.1, -0.05) is 6.07 Å². The Morgan fingerprint density at radius 2 is 2.11 bits per heavy atom. The number of rotatable bonds is 6. The van der Waals surface area contributed by atoms with Crippen LogP contribution in [-0.2, 0) is 21.4 Å². The molecule has 19 heavy (non-hydrogen) atoms. The molecule has 0 heterocycles. The summed E-state index contributed by atoms with van der Waals surface area (Å²) >= 11 is 0. The van der Waals surface area contributed by atoms with Crippen molar-refractivity contribution in [1.29, 1.82) is 0 Å². The molecule has 0 aromatic heterocycles. The monoisotopic (exact) mass is 291 g/mol. The van der Waals surface area contributed by atoms with Gasteiger partial charge in [0.1, 0.15) is 10.7 Å². The van der Waals surface area contributed by atoms with Gasteiger partial charge in [0, 0.05) is 20.2 Å².